The average Bonchev–Trinajstić information content (AvgIpc) is 2.98. The minimum absolute atomic E-state index is 0.146. The van der Waals surface area contributed by atoms with Gasteiger partial charge in [-0.3, -0.25) is 4.99 Å². The molecule has 0 amide bonds. The van der Waals surface area contributed by atoms with Crippen molar-refractivity contribution in [2.45, 2.75) is 26.7 Å². The highest BCUT2D eigenvalue weighted by molar-refractivity contribution is 7.28. The van der Waals surface area contributed by atoms with Crippen LogP contribution in [0.5, 0.6) is 0 Å². The van der Waals surface area contributed by atoms with Crippen molar-refractivity contribution in [1.82, 2.24) is 9.55 Å². The highest BCUT2D eigenvalue weighted by Gasteiger charge is 2.20. The molecule has 0 aliphatic carbocycles. The smallest absolute Gasteiger partial charge is 0.335 e. The highest BCUT2D eigenvalue weighted by Crippen LogP contribution is 2.27. The molecule has 3 rings (SSSR count). The van der Waals surface area contributed by atoms with Gasteiger partial charge in [-0.2, -0.15) is 0 Å². The fourth-order valence-corrected chi connectivity index (χ4v) is 3.53. The number of nitrogens with zero attached hydrogens (tertiary/aromatic N) is 3. The molecule has 0 saturated carbocycles. The minimum atomic E-state index is -1.00. The molecular weight excluding hydrogens is 383 g/mol. The van der Waals surface area contributed by atoms with Crippen LogP contribution in [0.3, 0.4) is 0 Å². The average molecular weight is 403 g/mol. The molecule has 1 N–H and O–H groups in total. The van der Waals surface area contributed by atoms with E-state index >= 15 is 0 Å². The van der Waals surface area contributed by atoms with Crippen LogP contribution in [-0.2, 0) is 7.05 Å². The van der Waals surface area contributed by atoms with Crippen LogP contribution in [0, 0.1) is 18.6 Å². The number of aromatic carboxylic acids is 1. The SMILES string of the molecule is CC(=Nc1c(P)cc(F)c(F)c1C)C(C)c1nc2ccc(C(=O)O)cc2n1C. The predicted molar refractivity (Wildman–Crippen MR) is 109 cm³/mol. The van der Waals surface area contributed by atoms with E-state index in [9.17, 15) is 18.7 Å². The van der Waals surface area contributed by atoms with E-state index in [1.165, 1.54) is 13.0 Å². The fourth-order valence-electron chi connectivity index (χ4n) is 3.11. The van der Waals surface area contributed by atoms with E-state index < -0.39 is 17.6 Å². The molecule has 146 valence electrons. The summed E-state index contributed by atoms with van der Waals surface area (Å²) in [5.74, 6) is -2.34. The molecule has 28 heavy (non-hydrogen) atoms. The second-order valence-electron chi connectivity index (χ2n) is 6.75. The number of carboxylic acids is 1. The van der Waals surface area contributed by atoms with Crippen molar-refractivity contribution in [2.75, 3.05) is 0 Å². The number of carboxylic acid groups (broad SMARTS) is 1. The molecule has 2 atom stereocenters. The molecule has 1 heterocycles. The van der Waals surface area contributed by atoms with Gasteiger partial charge in [-0.1, -0.05) is 6.92 Å². The molecule has 0 spiro atoms. The molecule has 1 aromatic heterocycles. The third-order valence-electron chi connectivity index (χ3n) is 4.91. The van der Waals surface area contributed by atoms with E-state index in [0.29, 0.717) is 33.6 Å². The fraction of sp³-hybridized carbons (Fsp3) is 0.250. The van der Waals surface area contributed by atoms with Gasteiger partial charge in [0.15, 0.2) is 11.6 Å². The standard InChI is InChI=1S/C20H20F2N3O2P/c1-9(11(3)23-18-10(2)17(22)13(21)8-16(18)28)19-24-14-6-5-12(20(26)27)7-15(14)25(19)4/h5-9H,28H2,1-4H3,(H,26,27). The summed E-state index contributed by atoms with van der Waals surface area (Å²) in [4.78, 5) is 20.4. The number of halogens is 2. The van der Waals surface area contributed by atoms with E-state index in [4.69, 9.17) is 0 Å². The van der Waals surface area contributed by atoms with Gasteiger partial charge in [-0.05, 0) is 43.4 Å². The number of fused-ring (bicyclic) bond motifs is 1. The van der Waals surface area contributed by atoms with E-state index in [0.717, 1.165) is 6.07 Å². The Labute approximate surface area is 163 Å². The number of aryl methyl sites for hydroxylation is 1. The Morgan fingerprint density at radius 1 is 1.32 bits per heavy atom. The summed E-state index contributed by atoms with van der Waals surface area (Å²) in [6, 6.07) is 5.86. The number of benzene rings is 2. The van der Waals surface area contributed by atoms with Crippen LogP contribution in [0.1, 0.15) is 41.5 Å². The zero-order valence-corrected chi connectivity index (χ0v) is 17.1. The lowest BCUT2D eigenvalue weighted by Gasteiger charge is -2.14. The van der Waals surface area contributed by atoms with E-state index in [1.807, 2.05) is 18.5 Å². The maximum absolute atomic E-state index is 13.9. The minimum Gasteiger partial charge on any atom is -0.478 e. The third kappa shape index (κ3) is 3.42. The summed E-state index contributed by atoms with van der Waals surface area (Å²) < 4.78 is 29.3. The van der Waals surface area contributed by atoms with Gasteiger partial charge in [0.1, 0.15) is 5.82 Å². The van der Waals surface area contributed by atoms with Gasteiger partial charge < -0.3 is 9.67 Å². The second kappa shape index (κ2) is 7.40. The maximum Gasteiger partial charge on any atom is 0.335 e. The zero-order chi connectivity index (χ0) is 20.7. The van der Waals surface area contributed by atoms with Crippen LogP contribution in [0.4, 0.5) is 14.5 Å². The topological polar surface area (TPSA) is 67.5 Å². The number of rotatable bonds is 4. The van der Waals surface area contributed by atoms with Crippen molar-refractivity contribution in [1.29, 1.82) is 0 Å². The van der Waals surface area contributed by atoms with E-state index in [1.54, 1.807) is 19.1 Å². The molecule has 5 nitrogen and oxygen atoms in total. The van der Waals surface area contributed by atoms with Crippen LogP contribution in [0.25, 0.3) is 11.0 Å². The van der Waals surface area contributed by atoms with Crippen molar-refractivity contribution in [3.63, 3.8) is 0 Å². The summed E-state index contributed by atoms with van der Waals surface area (Å²) in [5.41, 5.74) is 2.76. The molecule has 0 bridgehead atoms. The highest BCUT2D eigenvalue weighted by atomic mass is 31.0. The molecule has 2 aromatic carbocycles. The van der Waals surface area contributed by atoms with Crippen molar-refractivity contribution in [3.8, 4) is 0 Å². The lowest BCUT2D eigenvalue weighted by atomic mass is 10.1. The van der Waals surface area contributed by atoms with Crippen molar-refractivity contribution in [3.05, 3.63) is 52.9 Å². The number of aliphatic imine (C=N–C) groups is 1. The Hall–Kier alpha value is -2.66. The van der Waals surface area contributed by atoms with Gasteiger partial charge in [-0.15, -0.1) is 9.24 Å². The summed E-state index contributed by atoms with van der Waals surface area (Å²) in [5, 5.41) is 9.66. The molecule has 0 aliphatic heterocycles. The summed E-state index contributed by atoms with van der Waals surface area (Å²) in [6.45, 7) is 5.21. The van der Waals surface area contributed by atoms with Crippen LogP contribution in [0.2, 0.25) is 0 Å². The van der Waals surface area contributed by atoms with E-state index in [2.05, 4.69) is 19.2 Å². The van der Waals surface area contributed by atoms with Crippen LogP contribution >= 0.6 is 9.24 Å². The lowest BCUT2D eigenvalue weighted by Crippen LogP contribution is -2.12. The number of imidazole rings is 1. The molecule has 0 saturated heterocycles. The first-order valence-electron chi connectivity index (χ1n) is 8.60. The third-order valence-corrected chi connectivity index (χ3v) is 5.35. The Morgan fingerprint density at radius 2 is 2.00 bits per heavy atom. The zero-order valence-electron chi connectivity index (χ0n) is 15.9. The van der Waals surface area contributed by atoms with Crippen molar-refractivity contribution < 1.29 is 18.7 Å². The van der Waals surface area contributed by atoms with Gasteiger partial charge in [0.2, 0.25) is 0 Å². The molecule has 3 aromatic rings. The van der Waals surface area contributed by atoms with Gasteiger partial charge in [0.25, 0.3) is 0 Å². The maximum atomic E-state index is 13.9. The normalized spacial score (nSPS) is 13.2. The first-order valence-corrected chi connectivity index (χ1v) is 9.18. The number of hydrogen-bond acceptors (Lipinski definition) is 3. The molecule has 2 unspecified atom stereocenters. The molecule has 0 radical (unpaired) electrons. The Bertz CT molecular complexity index is 1140. The summed E-state index contributed by atoms with van der Waals surface area (Å²) in [6.07, 6.45) is 0. The molecular formula is C20H20F2N3O2P. The number of aromatic nitrogens is 2. The molecule has 0 aliphatic rings. The van der Waals surface area contributed by atoms with Crippen molar-refractivity contribution in [2.24, 2.45) is 12.0 Å². The van der Waals surface area contributed by atoms with Crippen LogP contribution in [0.15, 0.2) is 29.3 Å². The Kier molecular flexibility index (Phi) is 5.31. The summed E-state index contributed by atoms with van der Waals surface area (Å²) in [7, 11) is 4.19. The monoisotopic (exact) mass is 403 g/mol. The Balaban J connectivity index is 2.06. The Morgan fingerprint density at radius 3 is 2.64 bits per heavy atom. The number of carbonyl (C=O) groups is 1. The van der Waals surface area contributed by atoms with Gasteiger partial charge in [0, 0.05) is 18.3 Å². The first-order chi connectivity index (χ1) is 13.1. The predicted octanol–water partition coefficient (Wildman–Crippen LogP) is 4.25. The second-order valence-corrected chi connectivity index (χ2v) is 7.37. The van der Waals surface area contributed by atoms with Crippen molar-refractivity contribution >= 4 is 42.9 Å². The lowest BCUT2D eigenvalue weighted by molar-refractivity contribution is 0.0697. The molecule has 0 fully saturated rings. The van der Waals surface area contributed by atoms with Crippen LogP contribution < -0.4 is 5.30 Å². The number of hydrogen-bond donors (Lipinski definition) is 1. The van der Waals surface area contributed by atoms with Crippen LogP contribution in [-0.4, -0.2) is 26.3 Å². The summed E-state index contributed by atoms with van der Waals surface area (Å²) >= 11 is 0. The van der Waals surface area contributed by atoms with Gasteiger partial charge in [-0.25, -0.2) is 18.6 Å². The van der Waals surface area contributed by atoms with Gasteiger partial charge in [0.05, 0.1) is 28.2 Å². The first kappa shape index (κ1) is 20.1. The quantitative estimate of drug-likeness (QED) is 0.523. The largest absolute Gasteiger partial charge is 0.478 e. The molecule has 8 heteroatoms. The van der Waals surface area contributed by atoms with E-state index in [-0.39, 0.29) is 17.0 Å². The van der Waals surface area contributed by atoms with Gasteiger partial charge >= 0.3 is 5.97 Å².